The fourth-order valence-electron chi connectivity index (χ4n) is 3.19. The molecule has 1 N–H and O–H groups in total. The van der Waals surface area contributed by atoms with Gasteiger partial charge in [-0.1, -0.05) is 30.0 Å². The average Bonchev–Trinajstić information content (AvgIpc) is 3.48. The second-order valence-electron chi connectivity index (χ2n) is 7.08. The molecule has 0 aliphatic heterocycles. The Hall–Kier alpha value is -3.63. The first kappa shape index (κ1) is 23.5. The van der Waals surface area contributed by atoms with Crippen LogP contribution in [0, 0.1) is 6.92 Å². The van der Waals surface area contributed by atoms with Crippen molar-refractivity contribution in [3.8, 4) is 28.6 Å². The van der Waals surface area contributed by atoms with Crippen LogP contribution in [0.5, 0.6) is 11.5 Å². The van der Waals surface area contributed by atoms with E-state index in [0.717, 1.165) is 16.1 Å². The molecule has 0 aliphatic rings. The zero-order chi connectivity index (χ0) is 23.9. The van der Waals surface area contributed by atoms with E-state index in [1.165, 1.54) is 16.6 Å². The first-order valence-electron chi connectivity index (χ1n) is 10.3. The normalized spacial score (nSPS) is 11.0. The summed E-state index contributed by atoms with van der Waals surface area (Å²) in [4.78, 5) is 14.5. The Morgan fingerprint density at radius 1 is 1.09 bits per heavy atom. The minimum Gasteiger partial charge on any atom is -0.493 e. The Morgan fingerprint density at radius 2 is 1.88 bits per heavy atom. The lowest BCUT2D eigenvalue weighted by Gasteiger charge is -2.12. The molecule has 0 spiro atoms. The van der Waals surface area contributed by atoms with Crippen molar-refractivity contribution in [3.05, 3.63) is 70.4 Å². The molecule has 0 fully saturated rings. The fourth-order valence-corrected chi connectivity index (χ4v) is 4.68. The highest BCUT2D eigenvalue weighted by atomic mass is 32.2. The molecule has 0 aliphatic carbocycles. The van der Waals surface area contributed by atoms with Gasteiger partial charge in [0.1, 0.15) is 0 Å². The van der Waals surface area contributed by atoms with E-state index in [1.54, 1.807) is 31.8 Å². The van der Waals surface area contributed by atoms with E-state index in [4.69, 9.17) is 9.47 Å². The second kappa shape index (κ2) is 11.0. The minimum absolute atomic E-state index is 0.137. The highest BCUT2D eigenvalue weighted by molar-refractivity contribution is 7.99. The molecule has 2 aromatic carbocycles. The number of aromatic nitrogens is 3. The van der Waals surface area contributed by atoms with Crippen LogP contribution in [0.2, 0.25) is 0 Å². The van der Waals surface area contributed by atoms with Crippen LogP contribution in [0.1, 0.15) is 9.75 Å². The van der Waals surface area contributed by atoms with Gasteiger partial charge in [0.05, 0.1) is 26.2 Å². The van der Waals surface area contributed by atoms with E-state index < -0.39 is 0 Å². The number of hydrogen-bond donors (Lipinski definition) is 1. The van der Waals surface area contributed by atoms with Gasteiger partial charge in [-0.05, 0) is 49.4 Å². The summed E-state index contributed by atoms with van der Waals surface area (Å²) < 4.78 is 12.7. The number of rotatable bonds is 9. The van der Waals surface area contributed by atoms with E-state index in [0.29, 0.717) is 22.5 Å². The molecule has 4 aromatic rings. The number of para-hydroxylation sites is 1. The van der Waals surface area contributed by atoms with Crippen molar-refractivity contribution >= 4 is 35.2 Å². The first-order chi connectivity index (χ1) is 16.6. The van der Waals surface area contributed by atoms with Gasteiger partial charge in [0.25, 0.3) is 5.91 Å². The minimum atomic E-state index is -0.232. The van der Waals surface area contributed by atoms with E-state index in [2.05, 4.69) is 20.7 Å². The van der Waals surface area contributed by atoms with Crippen molar-refractivity contribution < 1.29 is 14.3 Å². The van der Waals surface area contributed by atoms with Gasteiger partial charge < -0.3 is 9.47 Å². The number of amides is 1. The highest BCUT2D eigenvalue weighted by Crippen LogP contribution is 2.34. The SMILES string of the molecule is COc1ccc(-c2nnc(SCC(=O)N/N=C/c3ccc(C)s3)n2-c2ccccc2)cc1OC. The summed E-state index contributed by atoms with van der Waals surface area (Å²) in [7, 11) is 3.18. The Morgan fingerprint density at radius 3 is 2.59 bits per heavy atom. The van der Waals surface area contributed by atoms with Gasteiger partial charge in [-0.15, -0.1) is 21.5 Å². The number of hydrazone groups is 1. The van der Waals surface area contributed by atoms with Crippen molar-refractivity contribution in [2.45, 2.75) is 12.1 Å². The number of ether oxygens (including phenoxy) is 2. The van der Waals surface area contributed by atoms with Crippen LogP contribution in [0.15, 0.2) is 70.9 Å². The van der Waals surface area contributed by atoms with Crippen LogP contribution >= 0.6 is 23.1 Å². The van der Waals surface area contributed by atoms with E-state index >= 15 is 0 Å². The van der Waals surface area contributed by atoms with Crippen LogP contribution in [0.3, 0.4) is 0 Å². The Kier molecular flexibility index (Phi) is 7.61. The number of aryl methyl sites for hydroxylation is 1. The fraction of sp³-hybridized carbons (Fsp3) is 0.167. The van der Waals surface area contributed by atoms with Crippen molar-refractivity contribution in [2.24, 2.45) is 5.10 Å². The van der Waals surface area contributed by atoms with E-state index in [9.17, 15) is 4.79 Å². The number of hydrogen-bond acceptors (Lipinski definition) is 8. The monoisotopic (exact) mass is 493 g/mol. The topological polar surface area (TPSA) is 90.6 Å². The molecule has 0 bridgehead atoms. The third-order valence-corrected chi connectivity index (χ3v) is 6.63. The smallest absolute Gasteiger partial charge is 0.250 e. The number of nitrogens with zero attached hydrogens (tertiary/aromatic N) is 4. The number of methoxy groups -OCH3 is 2. The summed E-state index contributed by atoms with van der Waals surface area (Å²) in [5.41, 5.74) is 4.25. The molecule has 174 valence electrons. The molecule has 34 heavy (non-hydrogen) atoms. The first-order valence-corrected chi connectivity index (χ1v) is 12.1. The van der Waals surface area contributed by atoms with E-state index in [-0.39, 0.29) is 11.7 Å². The Balaban J connectivity index is 1.55. The standard InChI is InChI=1S/C24H23N5O3S2/c1-16-9-11-19(34-16)14-25-26-22(30)15-33-24-28-27-23(29(24)18-7-5-4-6-8-18)17-10-12-20(31-2)21(13-17)32-3/h4-14H,15H2,1-3H3,(H,26,30)/b25-14+. The molecule has 1 amide bonds. The Bertz CT molecular complexity index is 1300. The van der Waals surface area contributed by atoms with Crippen molar-refractivity contribution in [2.75, 3.05) is 20.0 Å². The third kappa shape index (κ3) is 5.46. The number of nitrogens with one attached hydrogen (secondary N) is 1. The molecule has 0 saturated heterocycles. The van der Waals surface area contributed by atoms with Crippen molar-refractivity contribution in [1.82, 2.24) is 20.2 Å². The molecule has 2 aromatic heterocycles. The summed E-state index contributed by atoms with van der Waals surface area (Å²) in [6.45, 7) is 2.02. The number of thioether (sulfide) groups is 1. The van der Waals surface area contributed by atoms with Crippen molar-refractivity contribution in [3.63, 3.8) is 0 Å². The summed E-state index contributed by atoms with van der Waals surface area (Å²) >= 11 is 2.89. The van der Waals surface area contributed by atoms with Gasteiger partial charge >= 0.3 is 0 Å². The van der Waals surface area contributed by atoms with Crippen molar-refractivity contribution in [1.29, 1.82) is 0 Å². The summed E-state index contributed by atoms with van der Waals surface area (Å²) in [5, 5.41) is 13.4. The number of carbonyl (C=O) groups is 1. The van der Waals surface area contributed by atoms with Gasteiger partial charge in [-0.2, -0.15) is 5.10 Å². The highest BCUT2D eigenvalue weighted by Gasteiger charge is 2.18. The molecule has 8 nitrogen and oxygen atoms in total. The molecular formula is C24H23N5O3S2. The lowest BCUT2D eigenvalue weighted by molar-refractivity contribution is -0.118. The second-order valence-corrected chi connectivity index (χ2v) is 9.34. The maximum atomic E-state index is 12.4. The van der Waals surface area contributed by atoms with Crippen LogP contribution in [-0.2, 0) is 4.79 Å². The van der Waals surface area contributed by atoms with Gasteiger partial charge in [0.15, 0.2) is 22.5 Å². The average molecular weight is 494 g/mol. The van der Waals surface area contributed by atoms with Crippen LogP contribution in [0.25, 0.3) is 17.1 Å². The predicted molar refractivity (Wildman–Crippen MR) is 135 cm³/mol. The maximum absolute atomic E-state index is 12.4. The molecular weight excluding hydrogens is 470 g/mol. The number of carbonyl (C=O) groups excluding carboxylic acids is 1. The van der Waals surface area contributed by atoms with Gasteiger partial charge in [-0.3, -0.25) is 9.36 Å². The molecule has 4 rings (SSSR count). The Labute approximate surface area is 205 Å². The lowest BCUT2D eigenvalue weighted by Crippen LogP contribution is -2.19. The number of benzene rings is 2. The molecule has 2 heterocycles. The van der Waals surface area contributed by atoms with Gasteiger partial charge in [0.2, 0.25) is 0 Å². The summed E-state index contributed by atoms with van der Waals surface area (Å²) in [5.74, 6) is 1.75. The lowest BCUT2D eigenvalue weighted by atomic mass is 10.2. The van der Waals surface area contributed by atoms with Crippen LogP contribution < -0.4 is 14.9 Å². The van der Waals surface area contributed by atoms with Crippen LogP contribution in [-0.4, -0.2) is 46.9 Å². The maximum Gasteiger partial charge on any atom is 0.250 e. The number of thiophene rings is 1. The molecule has 10 heteroatoms. The summed E-state index contributed by atoms with van der Waals surface area (Å²) in [6, 6.07) is 19.3. The summed E-state index contributed by atoms with van der Waals surface area (Å²) in [6.07, 6.45) is 1.64. The molecule has 0 saturated carbocycles. The quantitative estimate of drug-likeness (QED) is 0.209. The molecule has 0 radical (unpaired) electrons. The molecule has 0 atom stereocenters. The molecule has 0 unspecified atom stereocenters. The largest absolute Gasteiger partial charge is 0.493 e. The predicted octanol–water partition coefficient (Wildman–Crippen LogP) is 4.56. The van der Waals surface area contributed by atoms with Gasteiger partial charge in [0, 0.05) is 21.0 Å². The third-order valence-electron chi connectivity index (χ3n) is 4.76. The van der Waals surface area contributed by atoms with Crippen LogP contribution in [0.4, 0.5) is 0 Å². The van der Waals surface area contributed by atoms with Gasteiger partial charge in [-0.25, -0.2) is 5.43 Å². The zero-order valence-electron chi connectivity index (χ0n) is 18.9. The zero-order valence-corrected chi connectivity index (χ0v) is 20.5. The van der Waals surface area contributed by atoms with E-state index in [1.807, 2.05) is 72.2 Å².